The molecule has 2 heterocycles. The molecule has 0 aliphatic carbocycles. The first-order valence-electron chi connectivity index (χ1n) is 11.0. The molecule has 2 aromatic heterocycles. The molecule has 0 aliphatic rings. The van der Waals surface area contributed by atoms with Crippen molar-refractivity contribution in [1.82, 2.24) is 20.0 Å². The van der Waals surface area contributed by atoms with Crippen molar-refractivity contribution in [2.45, 2.75) is 29.3 Å². The fourth-order valence-corrected chi connectivity index (χ4v) is 5.03. The number of ether oxygens (including phenoxy) is 1. The molecule has 200 valence electrons. The minimum Gasteiger partial charge on any atom is -0.487 e. The van der Waals surface area contributed by atoms with Crippen LogP contribution in [-0.2, 0) is 39.5 Å². The van der Waals surface area contributed by atoms with Crippen LogP contribution in [0.2, 0.25) is 0 Å². The van der Waals surface area contributed by atoms with Crippen LogP contribution < -0.4 is 4.74 Å². The predicted octanol–water partition coefficient (Wildman–Crippen LogP) is 4.26. The fraction of sp³-hybridized carbons (Fsp3) is 0.208. The highest BCUT2D eigenvalue weighted by Crippen LogP contribution is 2.30. The van der Waals surface area contributed by atoms with Crippen molar-refractivity contribution in [1.29, 1.82) is 0 Å². The number of sulfone groups is 1. The molecule has 0 amide bonds. The number of nitrogens with zero attached hydrogens (tertiary/aromatic N) is 4. The molecule has 9 nitrogen and oxygen atoms in total. The minimum atomic E-state index is -5.39. The molecule has 4 aromatic rings. The van der Waals surface area contributed by atoms with E-state index in [0.717, 1.165) is 17.7 Å². The smallest absolute Gasteiger partial charge is 0.487 e. The van der Waals surface area contributed by atoms with Crippen LogP contribution >= 0.6 is 0 Å². The Kier molecular flexibility index (Phi) is 8.42. The molecule has 0 aliphatic heterocycles. The van der Waals surface area contributed by atoms with E-state index in [4.69, 9.17) is 9.15 Å². The normalized spacial score (nSPS) is 13.1. The van der Waals surface area contributed by atoms with Crippen LogP contribution in [0.4, 0.5) is 13.2 Å². The molecule has 0 saturated carbocycles. The Morgan fingerprint density at radius 2 is 1.79 bits per heavy atom. The van der Waals surface area contributed by atoms with Crippen LogP contribution in [0.5, 0.6) is 5.75 Å². The van der Waals surface area contributed by atoms with E-state index >= 15 is 0 Å². The molecule has 0 saturated heterocycles. The number of aromatic nitrogens is 4. The zero-order chi connectivity index (χ0) is 27.2. The van der Waals surface area contributed by atoms with E-state index in [1.165, 1.54) is 30.5 Å². The summed E-state index contributed by atoms with van der Waals surface area (Å²) in [6.45, 7) is 0.659. The second kappa shape index (κ2) is 11.7. The van der Waals surface area contributed by atoms with Crippen LogP contribution in [0.3, 0.4) is 0 Å². The number of hydrogen-bond donors (Lipinski definition) is 0. The Labute approximate surface area is 218 Å². The molecule has 38 heavy (non-hydrogen) atoms. The lowest BCUT2D eigenvalue weighted by Crippen LogP contribution is -2.23. The second-order valence-electron chi connectivity index (χ2n) is 7.92. The van der Waals surface area contributed by atoms with Crippen LogP contribution in [0.25, 0.3) is 12.2 Å². The Morgan fingerprint density at radius 3 is 2.45 bits per heavy atom. The van der Waals surface area contributed by atoms with Crippen molar-refractivity contribution < 1.29 is 35.0 Å². The monoisotopic (exact) mass is 566 g/mol. The van der Waals surface area contributed by atoms with Gasteiger partial charge in [-0.05, 0) is 41.5 Å². The Bertz CT molecular complexity index is 1500. The van der Waals surface area contributed by atoms with Gasteiger partial charge in [-0.3, -0.25) is 8.89 Å². The third kappa shape index (κ3) is 7.16. The number of rotatable bonds is 11. The molecule has 1 atom stereocenters. The van der Waals surface area contributed by atoms with E-state index in [2.05, 4.69) is 15.3 Å². The molecular weight excluding hydrogens is 545 g/mol. The van der Waals surface area contributed by atoms with Crippen molar-refractivity contribution in [3.05, 3.63) is 89.9 Å². The molecule has 0 spiro atoms. The van der Waals surface area contributed by atoms with Gasteiger partial charge in [-0.25, -0.2) is 13.4 Å². The largest absolute Gasteiger partial charge is 0.501 e. The van der Waals surface area contributed by atoms with Crippen LogP contribution in [0, 0.1) is 0 Å². The van der Waals surface area contributed by atoms with Crippen LogP contribution in [0.15, 0.2) is 76.5 Å². The summed E-state index contributed by atoms with van der Waals surface area (Å²) < 4.78 is 85.8. The van der Waals surface area contributed by atoms with E-state index in [9.17, 15) is 25.8 Å². The molecule has 2 aromatic carbocycles. The summed E-state index contributed by atoms with van der Waals surface area (Å²) in [6, 6.07) is 11.5. The SMILES string of the molecule is O=S(CCn1ccnn1)Cc1ccc(OCc2coc(/C=C/c3ccc(S(=O)(=O)C(F)(F)F)cc3)n2)cc1. The molecule has 0 fully saturated rings. The van der Waals surface area contributed by atoms with Gasteiger partial charge in [-0.2, -0.15) is 13.2 Å². The second-order valence-corrected chi connectivity index (χ2v) is 11.4. The summed E-state index contributed by atoms with van der Waals surface area (Å²) in [6.07, 6.45) is 7.72. The molecular formula is C24H21F3N4O5S2. The minimum absolute atomic E-state index is 0.129. The maximum atomic E-state index is 12.6. The van der Waals surface area contributed by atoms with Crippen molar-refractivity contribution in [2.24, 2.45) is 0 Å². The average molecular weight is 567 g/mol. The van der Waals surface area contributed by atoms with Gasteiger partial charge in [-0.15, -0.1) is 5.10 Å². The highest BCUT2D eigenvalue weighted by molar-refractivity contribution is 7.92. The standard InChI is InChI=1S/C24H21F3N4O5S2/c25-24(26,27)38(33,34)22-8-3-18(4-9-22)5-10-23-29-20(16-36-23)15-35-21-6-1-19(2-7-21)17-37(32)14-13-31-12-11-28-30-31/h1-12,16H,13-15,17H2/b10-5+. The van der Waals surface area contributed by atoms with Gasteiger partial charge in [0, 0.05) is 34.6 Å². The highest BCUT2D eigenvalue weighted by atomic mass is 32.2. The Hall–Kier alpha value is -3.78. The van der Waals surface area contributed by atoms with Crippen molar-refractivity contribution in [3.8, 4) is 5.75 Å². The van der Waals surface area contributed by atoms with Gasteiger partial charge < -0.3 is 9.15 Å². The summed E-state index contributed by atoms with van der Waals surface area (Å²) in [5.41, 5.74) is -3.48. The summed E-state index contributed by atoms with van der Waals surface area (Å²) >= 11 is 0. The summed E-state index contributed by atoms with van der Waals surface area (Å²) in [7, 11) is -6.44. The maximum Gasteiger partial charge on any atom is 0.501 e. The first kappa shape index (κ1) is 27.3. The maximum absolute atomic E-state index is 12.6. The molecule has 0 N–H and O–H groups in total. The lowest BCUT2D eigenvalue weighted by molar-refractivity contribution is -0.0436. The number of hydrogen-bond acceptors (Lipinski definition) is 8. The molecule has 0 bridgehead atoms. The zero-order valence-corrected chi connectivity index (χ0v) is 21.2. The van der Waals surface area contributed by atoms with Gasteiger partial charge in [0.05, 0.1) is 17.6 Å². The first-order valence-corrected chi connectivity index (χ1v) is 14.0. The van der Waals surface area contributed by atoms with E-state index in [1.54, 1.807) is 29.2 Å². The topological polar surface area (TPSA) is 117 Å². The van der Waals surface area contributed by atoms with Crippen LogP contribution in [0.1, 0.15) is 22.7 Å². The van der Waals surface area contributed by atoms with E-state index in [0.29, 0.717) is 35.1 Å². The lowest BCUT2D eigenvalue weighted by atomic mass is 10.2. The Morgan fingerprint density at radius 1 is 1.05 bits per heavy atom. The number of halogens is 3. The molecule has 1 unspecified atom stereocenters. The van der Waals surface area contributed by atoms with Gasteiger partial charge in [0.25, 0.3) is 9.84 Å². The first-order chi connectivity index (χ1) is 18.1. The number of oxazole rings is 1. The van der Waals surface area contributed by atoms with Crippen molar-refractivity contribution in [3.63, 3.8) is 0 Å². The van der Waals surface area contributed by atoms with E-state index in [-0.39, 0.29) is 12.5 Å². The van der Waals surface area contributed by atoms with E-state index in [1.807, 2.05) is 12.1 Å². The van der Waals surface area contributed by atoms with Gasteiger partial charge >= 0.3 is 5.51 Å². The number of benzene rings is 2. The number of aryl methyl sites for hydroxylation is 1. The van der Waals surface area contributed by atoms with Crippen molar-refractivity contribution in [2.75, 3.05) is 5.75 Å². The predicted molar refractivity (Wildman–Crippen MR) is 133 cm³/mol. The third-order valence-corrected chi connectivity index (χ3v) is 7.94. The number of alkyl halides is 3. The van der Waals surface area contributed by atoms with Crippen LogP contribution in [-0.4, -0.2) is 43.9 Å². The van der Waals surface area contributed by atoms with Gasteiger partial charge in [0.1, 0.15) is 24.3 Å². The van der Waals surface area contributed by atoms with Gasteiger partial charge in [-0.1, -0.05) is 29.5 Å². The quantitative estimate of drug-likeness (QED) is 0.264. The van der Waals surface area contributed by atoms with Gasteiger partial charge in [0.15, 0.2) is 0 Å². The molecule has 14 heteroatoms. The van der Waals surface area contributed by atoms with Crippen molar-refractivity contribution >= 4 is 32.8 Å². The zero-order valence-electron chi connectivity index (χ0n) is 19.6. The summed E-state index contributed by atoms with van der Waals surface area (Å²) in [4.78, 5) is 3.42. The lowest BCUT2D eigenvalue weighted by Gasteiger charge is -2.07. The Balaban J connectivity index is 1.26. The third-order valence-electron chi connectivity index (χ3n) is 5.14. The molecule has 4 rings (SSSR count). The highest BCUT2D eigenvalue weighted by Gasteiger charge is 2.46. The average Bonchev–Trinajstić information content (AvgIpc) is 3.58. The van der Waals surface area contributed by atoms with Gasteiger partial charge in [0.2, 0.25) is 5.89 Å². The summed E-state index contributed by atoms with van der Waals surface area (Å²) in [5, 5.41) is 7.56. The fourth-order valence-electron chi connectivity index (χ4n) is 3.17. The summed E-state index contributed by atoms with van der Waals surface area (Å²) in [5.74, 6) is 1.71. The molecule has 0 radical (unpaired) electrons. The van der Waals surface area contributed by atoms with E-state index < -0.39 is 31.0 Å².